The molecular formula is C23H30O4. The SMILES string of the molecule is C=C1[C@@H]2C[C@H](OC(=O)/C=C/C=C/[C@H]3O[C@@H]3C)[C@@]1(C)[C@]1(C)CCC(C)=C[C@@H]1O2. The van der Waals surface area contributed by atoms with E-state index in [1.807, 2.05) is 19.1 Å². The second-order valence-corrected chi connectivity index (χ2v) is 8.91. The number of carbonyl (C=O) groups is 1. The first kappa shape index (κ1) is 18.7. The molecule has 7 atom stereocenters. The molecule has 27 heavy (non-hydrogen) atoms. The van der Waals surface area contributed by atoms with E-state index < -0.39 is 0 Å². The van der Waals surface area contributed by atoms with Gasteiger partial charge in [-0.15, -0.1) is 0 Å². The van der Waals surface area contributed by atoms with E-state index in [0.717, 1.165) is 18.4 Å². The summed E-state index contributed by atoms with van der Waals surface area (Å²) in [7, 11) is 0. The largest absolute Gasteiger partial charge is 0.458 e. The van der Waals surface area contributed by atoms with Crippen molar-refractivity contribution in [2.75, 3.05) is 0 Å². The Labute approximate surface area is 161 Å². The zero-order valence-electron chi connectivity index (χ0n) is 16.7. The van der Waals surface area contributed by atoms with Gasteiger partial charge in [0.1, 0.15) is 12.2 Å². The van der Waals surface area contributed by atoms with E-state index in [9.17, 15) is 4.79 Å². The first-order valence-corrected chi connectivity index (χ1v) is 9.98. The number of ether oxygens (including phenoxy) is 3. The van der Waals surface area contributed by atoms with Crippen molar-refractivity contribution in [1.29, 1.82) is 0 Å². The molecule has 0 aromatic carbocycles. The van der Waals surface area contributed by atoms with Crippen LogP contribution in [0.5, 0.6) is 0 Å². The summed E-state index contributed by atoms with van der Waals surface area (Å²) in [6.07, 6.45) is 12.3. The average molecular weight is 370 g/mol. The van der Waals surface area contributed by atoms with Crippen molar-refractivity contribution in [3.8, 4) is 0 Å². The first-order chi connectivity index (χ1) is 12.8. The molecule has 4 heteroatoms. The molecule has 4 aliphatic rings. The third kappa shape index (κ3) is 2.94. The fourth-order valence-electron chi connectivity index (χ4n) is 5.09. The second kappa shape index (κ2) is 6.46. The smallest absolute Gasteiger partial charge is 0.331 e. The van der Waals surface area contributed by atoms with E-state index in [1.165, 1.54) is 11.6 Å². The molecule has 2 heterocycles. The highest BCUT2D eigenvalue weighted by atomic mass is 16.6. The van der Waals surface area contributed by atoms with Gasteiger partial charge in [-0.05, 0) is 32.3 Å². The molecule has 2 saturated heterocycles. The summed E-state index contributed by atoms with van der Waals surface area (Å²) in [5, 5.41) is 0. The lowest BCUT2D eigenvalue weighted by Crippen LogP contribution is -2.56. The third-order valence-corrected chi connectivity index (χ3v) is 7.39. The monoisotopic (exact) mass is 370 g/mol. The van der Waals surface area contributed by atoms with E-state index >= 15 is 0 Å². The number of hydrogen-bond acceptors (Lipinski definition) is 4. The number of carbonyl (C=O) groups excluding carboxylic acids is 1. The summed E-state index contributed by atoms with van der Waals surface area (Å²) < 4.78 is 17.6. The van der Waals surface area contributed by atoms with Crippen LogP contribution in [0.1, 0.15) is 47.0 Å². The Kier molecular flexibility index (Phi) is 4.47. The Hall–Kier alpha value is -1.65. The molecule has 146 valence electrons. The zero-order chi connectivity index (χ0) is 19.4. The predicted molar refractivity (Wildman–Crippen MR) is 104 cm³/mol. The number of fused-ring (bicyclic) bond motifs is 4. The summed E-state index contributed by atoms with van der Waals surface area (Å²) in [4.78, 5) is 12.4. The van der Waals surface area contributed by atoms with Crippen LogP contribution >= 0.6 is 0 Å². The van der Waals surface area contributed by atoms with Gasteiger partial charge in [-0.3, -0.25) is 0 Å². The van der Waals surface area contributed by atoms with Gasteiger partial charge < -0.3 is 14.2 Å². The molecule has 2 bridgehead atoms. The third-order valence-electron chi connectivity index (χ3n) is 7.39. The maximum atomic E-state index is 12.4. The Balaban J connectivity index is 1.49. The van der Waals surface area contributed by atoms with Gasteiger partial charge in [-0.2, -0.15) is 0 Å². The van der Waals surface area contributed by atoms with Gasteiger partial charge in [-0.1, -0.05) is 50.3 Å². The quantitative estimate of drug-likeness (QED) is 0.244. The molecule has 3 fully saturated rings. The molecule has 0 amide bonds. The van der Waals surface area contributed by atoms with Crippen molar-refractivity contribution in [1.82, 2.24) is 0 Å². The molecule has 0 aromatic rings. The van der Waals surface area contributed by atoms with Gasteiger partial charge in [0, 0.05) is 23.3 Å². The topological polar surface area (TPSA) is 48.1 Å². The van der Waals surface area contributed by atoms with Crippen molar-refractivity contribution in [2.45, 2.75) is 77.5 Å². The maximum Gasteiger partial charge on any atom is 0.331 e. The molecule has 0 radical (unpaired) electrons. The Bertz CT molecular complexity index is 747. The molecule has 0 spiro atoms. The highest BCUT2D eigenvalue weighted by Gasteiger charge is 2.66. The lowest BCUT2D eigenvalue weighted by molar-refractivity contribution is -0.158. The summed E-state index contributed by atoms with van der Waals surface area (Å²) in [6, 6.07) is 0. The van der Waals surface area contributed by atoms with E-state index in [4.69, 9.17) is 14.2 Å². The van der Waals surface area contributed by atoms with Gasteiger partial charge in [-0.25, -0.2) is 4.79 Å². The Morgan fingerprint density at radius 2 is 2.07 bits per heavy atom. The van der Waals surface area contributed by atoms with Crippen LogP contribution in [-0.4, -0.2) is 36.5 Å². The summed E-state index contributed by atoms with van der Waals surface area (Å²) in [5.74, 6) is -0.307. The van der Waals surface area contributed by atoms with E-state index in [0.29, 0.717) is 6.42 Å². The minimum Gasteiger partial charge on any atom is -0.458 e. The minimum atomic E-state index is -0.307. The Morgan fingerprint density at radius 3 is 2.78 bits per heavy atom. The molecule has 4 nitrogen and oxygen atoms in total. The lowest BCUT2D eigenvalue weighted by Gasteiger charge is -2.55. The molecule has 2 aliphatic heterocycles. The highest BCUT2D eigenvalue weighted by molar-refractivity contribution is 5.82. The molecule has 2 aliphatic carbocycles. The van der Waals surface area contributed by atoms with Gasteiger partial charge in [0.05, 0.1) is 18.3 Å². The minimum absolute atomic E-state index is 0.0367. The molecule has 4 rings (SSSR count). The first-order valence-electron chi connectivity index (χ1n) is 9.98. The average Bonchev–Trinajstić information content (AvgIpc) is 3.29. The van der Waals surface area contributed by atoms with Crippen molar-refractivity contribution >= 4 is 5.97 Å². The van der Waals surface area contributed by atoms with Crippen LogP contribution in [0.4, 0.5) is 0 Å². The van der Waals surface area contributed by atoms with Gasteiger partial charge >= 0.3 is 5.97 Å². The zero-order valence-corrected chi connectivity index (χ0v) is 16.7. The van der Waals surface area contributed by atoms with E-state index in [-0.39, 0.29) is 47.3 Å². The lowest BCUT2D eigenvalue weighted by atomic mass is 9.54. The summed E-state index contributed by atoms with van der Waals surface area (Å²) in [6.45, 7) is 13.0. The van der Waals surface area contributed by atoms with Gasteiger partial charge in [0.25, 0.3) is 0 Å². The molecule has 0 N–H and O–H groups in total. The van der Waals surface area contributed by atoms with Crippen LogP contribution in [-0.2, 0) is 19.0 Å². The summed E-state index contributed by atoms with van der Waals surface area (Å²) >= 11 is 0. The van der Waals surface area contributed by atoms with E-state index in [2.05, 4.69) is 33.4 Å². The van der Waals surface area contributed by atoms with Crippen molar-refractivity contribution < 1.29 is 19.0 Å². The number of allylic oxidation sites excluding steroid dienone is 3. The van der Waals surface area contributed by atoms with E-state index in [1.54, 1.807) is 6.08 Å². The predicted octanol–water partition coefficient (Wildman–Crippen LogP) is 4.28. The molecular weight excluding hydrogens is 340 g/mol. The summed E-state index contributed by atoms with van der Waals surface area (Å²) in [5.41, 5.74) is 2.08. The van der Waals surface area contributed by atoms with Crippen LogP contribution in [0.15, 0.2) is 48.1 Å². The molecule has 0 unspecified atom stereocenters. The number of esters is 1. The maximum absolute atomic E-state index is 12.4. The van der Waals surface area contributed by atoms with Crippen LogP contribution in [0.25, 0.3) is 0 Å². The van der Waals surface area contributed by atoms with Crippen LogP contribution in [0, 0.1) is 10.8 Å². The van der Waals surface area contributed by atoms with Gasteiger partial charge in [0.15, 0.2) is 0 Å². The standard InChI is InChI=1S/C23H30O4/c1-14-10-11-22(4)19(12-14)26-18-13-20(23(22,5)15(18)2)27-21(24)9-7-6-8-17-16(3)25-17/h6-9,12,16-20H,2,10-11,13H2,1,3-5H3/b8-6+,9-7+/t16-,17-,18+,19+,20+,22-,23+/m1/s1. The van der Waals surface area contributed by atoms with Crippen LogP contribution in [0.3, 0.4) is 0 Å². The second-order valence-electron chi connectivity index (χ2n) is 8.91. The highest BCUT2D eigenvalue weighted by Crippen LogP contribution is 2.64. The number of hydrogen-bond donors (Lipinski definition) is 0. The number of epoxide rings is 1. The van der Waals surface area contributed by atoms with Crippen molar-refractivity contribution in [2.24, 2.45) is 10.8 Å². The van der Waals surface area contributed by atoms with Crippen LogP contribution in [0.2, 0.25) is 0 Å². The fraction of sp³-hybridized carbons (Fsp3) is 0.609. The Morgan fingerprint density at radius 1 is 1.33 bits per heavy atom. The molecule has 1 saturated carbocycles. The normalized spacial score (nSPS) is 45.9. The van der Waals surface area contributed by atoms with Crippen molar-refractivity contribution in [3.05, 3.63) is 48.1 Å². The fourth-order valence-corrected chi connectivity index (χ4v) is 5.09. The molecule has 0 aromatic heterocycles. The number of rotatable bonds is 4. The van der Waals surface area contributed by atoms with Crippen molar-refractivity contribution in [3.63, 3.8) is 0 Å². The van der Waals surface area contributed by atoms with Crippen LogP contribution < -0.4 is 0 Å². The van der Waals surface area contributed by atoms with Gasteiger partial charge in [0.2, 0.25) is 0 Å².